The first-order valence-electron chi connectivity index (χ1n) is 7.78. The second-order valence-corrected chi connectivity index (χ2v) is 7.79. The van der Waals surface area contributed by atoms with Crippen LogP contribution in [-0.2, 0) is 16.1 Å². The maximum Gasteiger partial charge on any atom is 0.243 e. The molecule has 1 aromatic carbocycles. The smallest absolute Gasteiger partial charge is 0.243 e. The SMILES string of the molecule is CC1(C)SC[C@@H](C(=O)NCc2ccccc2-n2cccn2)NC1=O. The van der Waals surface area contributed by atoms with Crippen LogP contribution >= 0.6 is 11.8 Å². The van der Waals surface area contributed by atoms with E-state index in [4.69, 9.17) is 0 Å². The van der Waals surface area contributed by atoms with Gasteiger partial charge in [0.2, 0.25) is 11.8 Å². The Morgan fingerprint density at radius 1 is 1.42 bits per heavy atom. The molecule has 7 heteroatoms. The van der Waals surface area contributed by atoms with Gasteiger partial charge in [0.05, 0.1) is 10.4 Å². The molecular formula is C17H20N4O2S. The van der Waals surface area contributed by atoms with Gasteiger partial charge in [-0.25, -0.2) is 4.68 Å². The molecule has 2 aromatic rings. The van der Waals surface area contributed by atoms with Crippen LogP contribution < -0.4 is 10.6 Å². The van der Waals surface area contributed by atoms with Gasteiger partial charge in [0, 0.05) is 24.7 Å². The zero-order valence-electron chi connectivity index (χ0n) is 13.7. The number of amides is 2. The molecule has 0 spiro atoms. The van der Waals surface area contributed by atoms with E-state index in [1.54, 1.807) is 10.9 Å². The van der Waals surface area contributed by atoms with E-state index in [9.17, 15) is 9.59 Å². The summed E-state index contributed by atoms with van der Waals surface area (Å²) in [5, 5.41) is 9.94. The van der Waals surface area contributed by atoms with Gasteiger partial charge in [-0.1, -0.05) is 18.2 Å². The minimum absolute atomic E-state index is 0.101. The number of carbonyl (C=O) groups is 2. The van der Waals surface area contributed by atoms with Gasteiger partial charge < -0.3 is 10.6 Å². The Morgan fingerprint density at radius 2 is 2.21 bits per heavy atom. The molecule has 1 aromatic heterocycles. The summed E-state index contributed by atoms with van der Waals surface area (Å²) in [5.74, 6) is 0.309. The molecule has 0 unspecified atom stereocenters. The fourth-order valence-corrected chi connectivity index (χ4v) is 3.48. The Bertz CT molecular complexity index is 743. The highest BCUT2D eigenvalue weighted by atomic mass is 32.2. The Hall–Kier alpha value is -2.28. The van der Waals surface area contributed by atoms with Crippen molar-refractivity contribution >= 4 is 23.6 Å². The topological polar surface area (TPSA) is 76.0 Å². The summed E-state index contributed by atoms with van der Waals surface area (Å²) < 4.78 is 1.28. The highest BCUT2D eigenvalue weighted by molar-refractivity contribution is 8.01. The number of nitrogens with zero attached hydrogens (tertiary/aromatic N) is 2. The van der Waals surface area contributed by atoms with Crippen LogP contribution in [-0.4, -0.2) is 38.1 Å². The minimum atomic E-state index is -0.493. The third-order valence-electron chi connectivity index (χ3n) is 3.98. The maximum absolute atomic E-state index is 12.4. The van der Waals surface area contributed by atoms with Crippen molar-refractivity contribution in [2.75, 3.05) is 5.75 Å². The van der Waals surface area contributed by atoms with Gasteiger partial charge in [-0.3, -0.25) is 9.59 Å². The fourth-order valence-electron chi connectivity index (χ4n) is 2.47. The second kappa shape index (κ2) is 6.68. The normalized spacial score (nSPS) is 19.6. The van der Waals surface area contributed by atoms with E-state index in [-0.39, 0.29) is 11.8 Å². The lowest BCUT2D eigenvalue weighted by Crippen LogP contribution is -2.57. The average Bonchev–Trinajstić information content (AvgIpc) is 3.10. The van der Waals surface area contributed by atoms with Gasteiger partial charge in [0.15, 0.2) is 0 Å². The van der Waals surface area contributed by atoms with Crippen molar-refractivity contribution in [1.29, 1.82) is 0 Å². The van der Waals surface area contributed by atoms with Crippen LogP contribution in [0.3, 0.4) is 0 Å². The molecule has 0 saturated carbocycles. The Balaban J connectivity index is 1.65. The highest BCUT2D eigenvalue weighted by Gasteiger charge is 2.37. The van der Waals surface area contributed by atoms with E-state index in [1.807, 2.05) is 50.4 Å². The van der Waals surface area contributed by atoms with E-state index in [2.05, 4.69) is 15.7 Å². The number of thioether (sulfide) groups is 1. The van der Waals surface area contributed by atoms with Gasteiger partial charge in [0.1, 0.15) is 6.04 Å². The summed E-state index contributed by atoms with van der Waals surface area (Å²) >= 11 is 1.50. The fraction of sp³-hybridized carbons (Fsp3) is 0.353. The molecule has 1 fully saturated rings. The molecule has 1 atom stereocenters. The average molecular weight is 344 g/mol. The van der Waals surface area contributed by atoms with Crippen molar-refractivity contribution in [3.8, 4) is 5.69 Å². The van der Waals surface area contributed by atoms with Crippen molar-refractivity contribution in [3.05, 3.63) is 48.3 Å². The molecule has 2 amide bonds. The highest BCUT2D eigenvalue weighted by Crippen LogP contribution is 2.29. The molecular weight excluding hydrogens is 324 g/mol. The lowest BCUT2D eigenvalue weighted by atomic mass is 10.1. The van der Waals surface area contributed by atoms with Crippen LogP contribution in [0.2, 0.25) is 0 Å². The monoisotopic (exact) mass is 344 g/mol. The summed E-state index contributed by atoms with van der Waals surface area (Å²) in [4.78, 5) is 24.4. The molecule has 1 aliphatic rings. The standard InChI is InChI=1S/C17H20N4O2S/c1-17(2)16(23)20-13(11-24-17)15(22)18-10-12-6-3-4-7-14(12)21-9-5-8-19-21/h3-9,13H,10-11H2,1-2H3,(H,18,22)(H,20,23)/t13-/m0/s1. The van der Waals surface area contributed by atoms with Gasteiger partial charge in [0.25, 0.3) is 0 Å². The van der Waals surface area contributed by atoms with Gasteiger partial charge in [-0.2, -0.15) is 5.10 Å². The summed E-state index contributed by atoms with van der Waals surface area (Å²) in [6.45, 7) is 4.11. The number of aromatic nitrogens is 2. The maximum atomic E-state index is 12.4. The van der Waals surface area contributed by atoms with E-state index < -0.39 is 10.8 Å². The van der Waals surface area contributed by atoms with Crippen LogP contribution in [0.15, 0.2) is 42.7 Å². The van der Waals surface area contributed by atoms with Crippen molar-refractivity contribution in [2.45, 2.75) is 31.2 Å². The van der Waals surface area contributed by atoms with Crippen LogP contribution in [0.1, 0.15) is 19.4 Å². The third-order valence-corrected chi connectivity index (χ3v) is 5.38. The van der Waals surface area contributed by atoms with Gasteiger partial charge in [-0.15, -0.1) is 11.8 Å². The number of rotatable bonds is 4. The zero-order valence-corrected chi connectivity index (χ0v) is 14.5. The molecule has 2 heterocycles. The molecule has 0 radical (unpaired) electrons. The molecule has 0 bridgehead atoms. The third kappa shape index (κ3) is 3.46. The van der Waals surface area contributed by atoms with Crippen molar-refractivity contribution in [3.63, 3.8) is 0 Å². The molecule has 3 rings (SSSR count). The zero-order chi connectivity index (χ0) is 17.2. The van der Waals surface area contributed by atoms with Crippen LogP contribution in [0.4, 0.5) is 0 Å². The molecule has 1 aliphatic heterocycles. The van der Waals surface area contributed by atoms with Crippen molar-refractivity contribution in [1.82, 2.24) is 20.4 Å². The largest absolute Gasteiger partial charge is 0.350 e. The predicted octanol–water partition coefficient (Wildman–Crippen LogP) is 1.50. The van der Waals surface area contributed by atoms with E-state index in [1.165, 1.54) is 11.8 Å². The van der Waals surface area contributed by atoms with E-state index in [0.717, 1.165) is 11.3 Å². The van der Waals surface area contributed by atoms with Crippen molar-refractivity contribution in [2.24, 2.45) is 0 Å². The quantitative estimate of drug-likeness (QED) is 0.881. The Kier molecular flexibility index (Phi) is 4.62. The summed E-state index contributed by atoms with van der Waals surface area (Å²) in [6, 6.07) is 9.13. The Morgan fingerprint density at radius 3 is 2.92 bits per heavy atom. The number of para-hydroxylation sites is 1. The van der Waals surface area contributed by atoms with E-state index >= 15 is 0 Å². The molecule has 0 aliphatic carbocycles. The van der Waals surface area contributed by atoms with Gasteiger partial charge >= 0.3 is 0 Å². The first kappa shape index (κ1) is 16.6. The number of nitrogens with one attached hydrogen (secondary N) is 2. The molecule has 2 N–H and O–H groups in total. The predicted molar refractivity (Wildman–Crippen MR) is 93.9 cm³/mol. The lowest BCUT2D eigenvalue weighted by molar-refractivity contribution is -0.129. The minimum Gasteiger partial charge on any atom is -0.350 e. The van der Waals surface area contributed by atoms with Crippen molar-refractivity contribution < 1.29 is 9.59 Å². The van der Waals surface area contributed by atoms with E-state index in [0.29, 0.717) is 12.3 Å². The Labute approximate surface area is 145 Å². The molecule has 6 nitrogen and oxygen atoms in total. The molecule has 126 valence electrons. The lowest BCUT2D eigenvalue weighted by Gasteiger charge is -2.32. The molecule has 1 saturated heterocycles. The summed E-state index contributed by atoms with van der Waals surface area (Å²) in [5.41, 5.74) is 1.88. The van der Waals surface area contributed by atoms with Crippen LogP contribution in [0.25, 0.3) is 5.69 Å². The first-order chi connectivity index (χ1) is 11.5. The van der Waals surface area contributed by atoms with Crippen LogP contribution in [0, 0.1) is 0 Å². The summed E-state index contributed by atoms with van der Waals surface area (Å²) in [7, 11) is 0. The number of carbonyl (C=O) groups excluding carboxylic acids is 2. The number of hydrogen-bond donors (Lipinski definition) is 2. The second-order valence-electron chi connectivity index (χ2n) is 6.14. The number of hydrogen-bond acceptors (Lipinski definition) is 4. The van der Waals surface area contributed by atoms with Crippen LogP contribution in [0.5, 0.6) is 0 Å². The summed E-state index contributed by atoms with van der Waals surface area (Å²) in [6.07, 6.45) is 3.58. The molecule has 24 heavy (non-hydrogen) atoms. The van der Waals surface area contributed by atoms with Gasteiger partial charge in [-0.05, 0) is 31.5 Å². The number of benzene rings is 1. The first-order valence-corrected chi connectivity index (χ1v) is 8.76.